The topological polar surface area (TPSA) is 79.3 Å². The first-order valence-electron chi connectivity index (χ1n) is 5.45. The highest BCUT2D eigenvalue weighted by atomic mass is 32.2. The zero-order valence-electron chi connectivity index (χ0n) is 10.0. The lowest BCUT2D eigenvalue weighted by Gasteiger charge is -2.09. The maximum absolute atomic E-state index is 13.4. The molecule has 106 valence electrons. The molecular weight excluding hydrogens is 290 g/mol. The molecule has 0 aliphatic rings. The number of hydrogen-bond donors (Lipinski definition) is 2. The SMILES string of the molecule is O=S(=O)(Nc1ccncc1F)c1ccc(F)c(CO)c1. The highest BCUT2D eigenvalue weighted by molar-refractivity contribution is 7.92. The van der Waals surface area contributed by atoms with Gasteiger partial charge in [-0.3, -0.25) is 9.71 Å². The monoisotopic (exact) mass is 300 g/mol. The van der Waals surface area contributed by atoms with Crippen LogP contribution in [0.5, 0.6) is 0 Å². The van der Waals surface area contributed by atoms with Gasteiger partial charge in [0.25, 0.3) is 10.0 Å². The summed E-state index contributed by atoms with van der Waals surface area (Å²) in [5.41, 5.74) is -0.432. The Morgan fingerprint density at radius 2 is 1.95 bits per heavy atom. The first-order chi connectivity index (χ1) is 9.44. The van der Waals surface area contributed by atoms with Crippen LogP contribution in [-0.2, 0) is 16.6 Å². The molecule has 20 heavy (non-hydrogen) atoms. The summed E-state index contributed by atoms with van der Waals surface area (Å²) < 4.78 is 52.7. The Balaban J connectivity index is 2.38. The number of rotatable bonds is 4. The maximum Gasteiger partial charge on any atom is 0.262 e. The Morgan fingerprint density at radius 1 is 1.20 bits per heavy atom. The van der Waals surface area contributed by atoms with Crippen molar-refractivity contribution in [3.8, 4) is 0 Å². The molecule has 0 bridgehead atoms. The molecule has 2 N–H and O–H groups in total. The van der Waals surface area contributed by atoms with Gasteiger partial charge in [-0.1, -0.05) is 0 Å². The second-order valence-corrected chi connectivity index (χ2v) is 5.55. The third-order valence-electron chi connectivity index (χ3n) is 2.51. The van der Waals surface area contributed by atoms with Crippen molar-refractivity contribution in [1.82, 2.24) is 4.98 Å². The predicted molar refractivity (Wildman–Crippen MR) is 67.3 cm³/mol. The molecule has 2 aromatic rings. The van der Waals surface area contributed by atoms with Crippen LogP contribution in [0.4, 0.5) is 14.5 Å². The summed E-state index contributed by atoms with van der Waals surface area (Å²) in [6.07, 6.45) is 2.09. The van der Waals surface area contributed by atoms with E-state index in [-0.39, 0.29) is 16.1 Å². The lowest BCUT2D eigenvalue weighted by Crippen LogP contribution is -2.14. The average molecular weight is 300 g/mol. The van der Waals surface area contributed by atoms with Gasteiger partial charge in [-0.2, -0.15) is 0 Å². The van der Waals surface area contributed by atoms with Crippen molar-refractivity contribution in [2.45, 2.75) is 11.5 Å². The number of aliphatic hydroxyl groups is 1. The third kappa shape index (κ3) is 2.91. The molecule has 0 saturated heterocycles. The fourth-order valence-electron chi connectivity index (χ4n) is 1.50. The van der Waals surface area contributed by atoms with E-state index in [1.807, 2.05) is 4.72 Å². The lowest BCUT2D eigenvalue weighted by atomic mass is 10.2. The van der Waals surface area contributed by atoms with E-state index < -0.39 is 28.3 Å². The zero-order valence-corrected chi connectivity index (χ0v) is 10.9. The fraction of sp³-hybridized carbons (Fsp3) is 0.0833. The minimum Gasteiger partial charge on any atom is -0.392 e. The first kappa shape index (κ1) is 14.4. The van der Waals surface area contributed by atoms with Gasteiger partial charge in [-0.15, -0.1) is 0 Å². The van der Waals surface area contributed by atoms with E-state index in [1.165, 1.54) is 6.20 Å². The summed E-state index contributed by atoms with van der Waals surface area (Å²) in [7, 11) is -4.08. The molecule has 1 heterocycles. The molecule has 0 unspecified atom stereocenters. The van der Waals surface area contributed by atoms with Gasteiger partial charge >= 0.3 is 0 Å². The predicted octanol–water partition coefficient (Wildman–Crippen LogP) is 1.65. The molecule has 8 heteroatoms. The highest BCUT2D eigenvalue weighted by Crippen LogP contribution is 2.20. The quantitative estimate of drug-likeness (QED) is 0.900. The summed E-state index contributed by atoms with van der Waals surface area (Å²) >= 11 is 0. The molecule has 0 spiro atoms. The summed E-state index contributed by atoms with van der Waals surface area (Å²) in [6, 6.07) is 4.08. The number of hydrogen-bond acceptors (Lipinski definition) is 4. The van der Waals surface area contributed by atoms with Gasteiger partial charge in [0.15, 0.2) is 5.82 Å². The van der Waals surface area contributed by atoms with Crippen LogP contribution in [-0.4, -0.2) is 18.5 Å². The van der Waals surface area contributed by atoms with Gasteiger partial charge in [0, 0.05) is 11.8 Å². The van der Waals surface area contributed by atoms with Gasteiger partial charge in [-0.25, -0.2) is 17.2 Å². The van der Waals surface area contributed by atoms with Gasteiger partial charge in [-0.05, 0) is 24.3 Å². The summed E-state index contributed by atoms with van der Waals surface area (Å²) in [4.78, 5) is 3.22. The molecule has 1 aromatic heterocycles. The third-order valence-corrected chi connectivity index (χ3v) is 3.88. The van der Waals surface area contributed by atoms with E-state index in [0.29, 0.717) is 0 Å². The van der Waals surface area contributed by atoms with E-state index in [4.69, 9.17) is 5.11 Å². The number of sulfonamides is 1. The van der Waals surface area contributed by atoms with Crippen LogP contribution in [0, 0.1) is 11.6 Å². The van der Waals surface area contributed by atoms with Gasteiger partial charge < -0.3 is 5.11 Å². The first-order valence-corrected chi connectivity index (χ1v) is 6.94. The molecule has 0 radical (unpaired) electrons. The normalized spacial score (nSPS) is 11.3. The molecular formula is C12H10F2N2O3S. The average Bonchev–Trinajstić information content (AvgIpc) is 2.41. The van der Waals surface area contributed by atoms with Crippen molar-refractivity contribution in [1.29, 1.82) is 0 Å². The Hall–Kier alpha value is -2.06. The van der Waals surface area contributed by atoms with Crippen molar-refractivity contribution in [3.05, 3.63) is 53.9 Å². The number of pyridine rings is 1. The van der Waals surface area contributed by atoms with Crippen LogP contribution < -0.4 is 4.72 Å². The summed E-state index contributed by atoms with van der Waals surface area (Å²) in [6.45, 7) is -0.640. The minimum atomic E-state index is -4.08. The fourth-order valence-corrected chi connectivity index (χ4v) is 2.62. The van der Waals surface area contributed by atoms with Crippen LogP contribution in [0.25, 0.3) is 0 Å². The van der Waals surface area contributed by atoms with E-state index in [9.17, 15) is 17.2 Å². The van der Waals surface area contributed by atoms with Crippen LogP contribution in [0.15, 0.2) is 41.6 Å². The number of nitrogens with zero attached hydrogens (tertiary/aromatic N) is 1. The van der Waals surface area contributed by atoms with Crippen molar-refractivity contribution < 1.29 is 22.3 Å². The molecule has 0 amide bonds. The smallest absolute Gasteiger partial charge is 0.262 e. The number of anilines is 1. The second kappa shape index (κ2) is 5.51. The van der Waals surface area contributed by atoms with Crippen molar-refractivity contribution in [3.63, 3.8) is 0 Å². The minimum absolute atomic E-state index is 0.164. The number of halogens is 2. The van der Waals surface area contributed by atoms with Crippen molar-refractivity contribution in [2.75, 3.05) is 4.72 Å². The Labute approximate surface area is 114 Å². The van der Waals surface area contributed by atoms with Crippen molar-refractivity contribution >= 4 is 15.7 Å². The number of nitrogens with one attached hydrogen (secondary N) is 1. The van der Waals surface area contributed by atoms with Crippen LogP contribution in [0.3, 0.4) is 0 Å². The Morgan fingerprint density at radius 3 is 2.60 bits per heavy atom. The molecule has 0 fully saturated rings. The number of aliphatic hydroxyl groups excluding tert-OH is 1. The largest absolute Gasteiger partial charge is 0.392 e. The molecule has 0 saturated carbocycles. The van der Waals surface area contributed by atoms with E-state index in [2.05, 4.69) is 4.98 Å². The Bertz CT molecular complexity index is 735. The van der Waals surface area contributed by atoms with E-state index >= 15 is 0 Å². The molecule has 5 nitrogen and oxygen atoms in total. The van der Waals surface area contributed by atoms with E-state index in [0.717, 1.165) is 30.5 Å². The molecule has 2 rings (SSSR count). The van der Waals surface area contributed by atoms with Gasteiger partial charge in [0.1, 0.15) is 5.82 Å². The lowest BCUT2D eigenvalue weighted by molar-refractivity contribution is 0.275. The number of benzene rings is 1. The second-order valence-electron chi connectivity index (χ2n) is 3.87. The molecule has 0 aliphatic carbocycles. The van der Waals surface area contributed by atoms with Crippen LogP contribution in [0.2, 0.25) is 0 Å². The highest BCUT2D eigenvalue weighted by Gasteiger charge is 2.17. The van der Waals surface area contributed by atoms with Gasteiger partial charge in [0.05, 0.1) is 23.4 Å². The summed E-state index contributed by atoms with van der Waals surface area (Å²) in [5.74, 6) is -1.55. The van der Waals surface area contributed by atoms with Crippen LogP contribution in [0.1, 0.15) is 5.56 Å². The number of aromatic nitrogens is 1. The summed E-state index contributed by atoms with van der Waals surface area (Å²) in [5, 5.41) is 8.92. The molecule has 0 atom stereocenters. The standard InChI is InChI=1S/C12H10F2N2O3S/c13-10-2-1-9(5-8(10)7-17)20(18,19)16-12-3-4-15-6-11(12)14/h1-6,17H,7H2,(H,15,16). The van der Waals surface area contributed by atoms with Gasteiger partial charge in [0.2, 0.25) is 0 Å². The van der Waals surface area contributed by atoms with E-state index in [1.54, 1.807) is 0 Å². The van der Waals surface area contributed by atoms with Crippen molar-refractivity contribution in [2.24, 2.45) is 0 Å². The Kier molecular flexibility index (Phi) is 3.96. The molecule has 1 aromatic carbocycles. The van der Waals surface area contributed by atoms with Crippen LogP contribution >= 0.6 is 0 Å². The zero-order chi connectivity index (χ0) is 14.8. The maximum atomic E-state index is 13.4. The molecule has 0 aliphatic heterocycles.